The zero-order valence-electron chi connectivity index (χ0n) is 21.0. The van der Waals surface area contributed by atoms with Gasteiger partial charge in [0.1, 0.15) is 11.5 Å². The van der Waals surface area contributed by atoms with Gasteiger partial charge in [0.15, 0.2) is 0 Å². The molecule has 3 aromatic rings. The summed E-state index contributed by atoms with van der Waals surface area (Å²) >= 11 is 0. The summed E-state index contributed by atoms with van der Waals surface area (Å²) in [5.74, 6) is 2.11. The van der Waals surface area contributed by atoms with Crippen molar-refractivity contribution in [3.8, 4) is 17.4 Å². The maximum Gasteiger partial charge on any atom is 0.273 e. The van der Waals surface area contributed by atoms with Crippen molar-refractivity contribution in [2.75, 3.05) is 31.6 Å². The number of aromatic nitrogens is 2. The van der Waals surface area contributed by atoms with E-state index in [0.717, 1.165) is 42.9 Å². The van der Waals surface area contributed by atoms with Gasteiger partial charge in [-0.2, -0.15) is 4.98 Å². The number of hydrogen-bond donors (Lipinski definition) is 0. The standard InChI is InChI=1S/C27H29N5O5/c1-18-6-7-19(16-24(18)32(34)35)26(33)31-15-12-23-22(17-31)25(37-21-10-8-20(36-2)9-11-21)29-27(28-23)30-13-4-3-5-14-30/h6-11,16H,3-5,12-15,17H2,1-2H3. The lowest BCUT2D eigenvalue weighted by Crippen LogP contribution is -2.37. The number of methoxy groups -OCH3 is 1. The smallest absolute Gasteiger partial charge is 0.273 e. The number of carbonyl (C=O) groups excluding carboxylic acids is 1. The third-order valence-corrected chi connectivity index (χ3v) is 6.86. The fraction of sp³-hybridized carbons (Fsp3) is 0.370. The summed E-state index contributed by atoms with van der Waals surface area (Å²) in [6, 6.07) is 11.8. The number of nitro benzene ring substituents is 1. The summed E-state index contributed by atoms with van der Waals surface area (Å²) in [6.07, 6.45) is 3.93. The van der Waals surface area contributed by atoms with E-state index in [1.807, 2.05) is 24.3 Å². The van der Waals surface area contributed by atoms with Crippen molar-refractivity contribution in [2.24, 2.45) is 0 Å². The topological polar surface area (TPSA) is 111 Å². The monoisotopic (exact) mass is 503 g/mol. The predicted octanol–water partition coefficient (Wildman–Crippen LogP) is 4.68. The Kier molecular flexibility index (Phi) is 6.89. The summed E-state index contributed by atoms with van der Waals surface area (Å²) in [4.78, 5) is 37.8. The lowest BCUT2D eigenvalue weighted by Gasteiger charge is -2.32. The van der Waals surface area contributed by atoms with Gasteiger partial charge in [-0.15, -0.1) is 0 Å². The fourth-order valence-electron chi connectivity index (χ4n) is 4.74. The van der Waals surface area contributed by atoms with Gasteiger partial charge in [-0.1, -0.05) is 6.07 Å². The predicted molar refractivity (Wildman–Crippen MR) is 137 cm³/mol. The minimum absolute atomic E-state index is 0.0682. The first-order valence-corrected chi connectivity index (χ1v) is 12.4. The highest BCUT2D eigenvalue weighted by Gasteiger charge is 2.29. The van der Waals surface area contributed by atoms with Crippen molar-refractivity contribution < 1.29 is 19.2 Å². The Labute approximate surface area is 215 Å². The van der Waals surface area contributed by atoms with Gasteiger partial charge in [0, 0.05) is 43.2 Å². The minimum Gasteiger partial charge on any atom is -0.497 e. The first-order chi connectivity index (χ1) is 17.9. The molecule has 1 fully saturated rings. The SMILES string of the molecule is COc1ccc(Oc2nc(N3CCCCC3)nc3c2CN(C(=O)c2ccc(C)c([N+](=O)[O-])c2)CC3)cc1. The number of aryl methyl sites for hydroxylation is 1. The number of ether oxygens (including phenoxy) is 2. The second-order valence-corrected chi connectivity index (χ2v) is 9.31. The zero-order valence-corrected chi connectivity index (χ0v) is 21.0. The molecule has 0 unspecified atom stereocenters. The van der Waals surface area contributed by atoms with Crippen molar-refractivity contribution in [2.45, 2.75) is 39.2 Å². The number of fused-ring (bicyclic) bond motifs is 1. The van der Waals surface area contributed by atoms with Gasteiger partial charge in [-0.25, -0.2) is 4.98 Å². The van der Waals surface area contributed by atoms with Crippen molar-refractivity contribution in [1.82, 2.24) is 14.9 Å². The summed E-state index contributed by atoms with van der Waals surface area (Å²) in [6.45, 7) is 4.16. The fourth-order valence-corrected chi connectivity index (χ4v) is 4.74. The first kappa shape index (κ1) is 24.5. The molecule has 0 bridgehead atoms. The number of amides is 1. The lowest BCUT2D eigenvalue weighted by molar-refractivity contribution is -0.385. The van der Waals surface area contributed by atoms with Gasteiger partial charge in [0.25, 0.3) is 11.6 Å². The molecular formula is C27H29N5O5. The number of benzene rings is 2. The average molecular weight is 504 g/mol. The molecule has 2 aliphatic heterocycles. The maximum absolute atomic E-state index is 13.3. The Balaban J connectivity index is 1.47. The van der Waals surface area contributed by atoms with E-state index in [4.69, 9.17) is 19.4 Å². The number of hydrogen-bond acceptors (Lipinski definition) is 8. The number of nitrogens with zero attached hydrogens (tertiary/aromatic N) is 5. The Morgan fingerprint density at radius 2 is 1.73 bits per heavy atom. The second kappa shape index (κ2) is 10.4. The highest BCUT2D eigenvalue weighted by molar-refractivity contribution is 5.95. The van der Waals surface area contributed by atoms with E-state index >= 15 is 0 Å². The molecule has 1 saturated heterocycles. The minimum atomic E-state index is -0.464. The molecule has 1 aromatic heterocycles. The van der Waals surface area contributed by atoms with Gasteiger partial charge in [-0.05, 0) is 56.5 Å². The first-order valence-electron chi connectivity index (χ1n) is 12.4. The van der Waals surface area contributed by atoms with E-state index in [9.17, 15) is 14.9 Å². The van der Waals surface area contributed by atoms with Gasteiger partial charge in [-0.3, -0.25) is 14.9 Å². The lowest BCUT2D eigenvalue weighted by atomic mass is 10.0. The Hall–Kier alpha value is -4.21. The van der Waals surface area contributed by atoms with Crippen LogP contribution >= 0.6 is 0 Å². The molecule has 0 aliphatic carbocycles. The molecule has 192 valence electrons. The molecule has 10 heteroatoms. The van der Waals surface area contributed by atoms with Crippen LogP contribution in [0.3, 0.4) is 0 Å². The van der Waals surface area contributed by atoms with E-state index in [0.29, 0.717) is 36.1 Å². The number of anilines is 1. The third-order valence-electron chi connectivity index (χ3n) is 6.86. The van der Waals surface area contributed by atoms with Crippen LogP contribution in [0.15, 0.2) is 42.5 Å². The van der Waals surface area contributed by atoms with Crippen LogP contribution in [-0.2, 0) is 13.0 Å². The van der Waals surface area contributed by atoms with E-state index in [1.165, 1.54) is 12.5 Å². The molecule has 37 heavy (non-hydrogen) atoms. The molecule has 0 N–H and O–H groups in total. The molecule has 0 radical (unpaired) electrons. The van der Waals surface area contributed by atoms with E-state index < -0.39 is 4.92 Å². The molecule has 5 rings (SSSR count). The average Bonchev–Trinajstić information content (AvgIpc) is 2.93. The zero-order chi connectivity index (χ0) is 25.9. The Morgan fingerprint density at radius 1 is 1.00 bits per heavy atom. The van der Waals surface area contributed by atoms with Crippen LogP contribution in [0.4, 0.5) is 11.6 Å². The van der Waals surface area contributed by atoms with Crippen LogP contribution in [0, 0.1) is 17.0 Å². The van der Waals surface area contributed by atoms with Crippen molar-refractivity contribution in [3.05, 3.63) is 75.0 Å². The van der Waals surface area contributed by atoms with E-state index in [1.54, 1.807) is 31.1 Å². The largest absolute Gasteiger partial charge is 0.497 e. The molecule has 0 saturated carbocycles. The number of carbonyl (C=O) groups is 1. The maximum atomic E-state index is 13.3. The van der Waals surface area contributed by atoms with Crippen molar-refractivity contribution in [3.63, 3.8) is 0 Å². The summed E-state index contributed by atoms with van der Waals surface area (Å²) < 4.78 is 11.5. The third kappa shape index (κ3) is 5.18. The van der Waals surface area contributed by atoms with Crippen LogP contribution in [0.5, 0.6) is 17.4 Å². The van der Waals surface area contributed by atoms with Crippen molar-refractivity contribution in [1.29, 1.82) is 0 Å². The quantitative estimate of drug-likeness (QED) is 0.352. The molecule has 2 aliphatic rings. The second-order valence-electron chi connectivity index (χ2n) is 9.31. The van der Waals surface area contributed by atoms with Crippen LogP contribution in [0.1, 0.15) is 46.4 Å². The molecule has 2 aromatic carbocycles. The van der Waals surface area contributed by atoms with Crippen molar-refractivity contribution >= 4 is 17.5 Å². The summed E-state index contributed by atoms with van der Waals surface area (Å²) in [5.41, 5.74) is 2.33. The molecule has 0 atom stereocenters. The van der Waals surface area contributed by atoms with Gasteiger partial charge in [0.2, 0.25) is 11.8 Å². The van der Waals surface area contributed by atoms with Crippen LogP contribution in [0.2, 0.25) is 0 Å². The molecule has 3 heterocycles. The number of piperidine rings is 1. The molecule has 10 nitrogen and oxygen atoms in total. The summed E-state index contributed by atoms with van der Waals surface area (Å²) in [7, 11) is 1.61. The van der Waals surface area contributed by atoms with Gasteiger partial charge in [0.05, 0.1) is 29.8 Å². The number of rotatable bonds is 6. The normalized spacial score (nSPS) is 15.2. The van der Waals surface area contributed by atoms with Crippen LogP contribution in [-0.4, -0.2) is 52.4 Å². The molecule has 0 spiro atoms. The van der Waals surface area contributed by atoms with Gasteiger partial charge >= 0.3 is 0 Å². The highest BCUT2D eigenvalue weighted by atomic mass is 16.6. The van der Waals surface area contributed by atoms with Gasteiger partial charge < -0.3 is 19.3 Å². The van der Waals surface area contributed by atoms with E-state index in [-0.39, 0.29) is 23.7 Å². The highest BCUT2D eigenvalue weighted by Crippen LogP contribution is 2.33. The Morgan fingerprint density at radius 3 is 2.43 bits per heavy atom. The Bertz CT molecular complexity index is 1320. The van der Waals surface area contributed by atoms with E-state index in [2.05, 4.69) is 4.90 Å². The van der Waals surface area contributed by atoms with Crippen LogP contribution in [0.25, 0.3) is 0 Å². The van der Waals surface area contributed by atoms with Crippen LogP contribution < -0.4 is 14.4 Å². The summed E-state index contributed by atoms with van der Waals surface area (Å²) in [5, 5.41) is 11.4. The molecule has 1 amide bonds. The number of nitro groups is 1. The molecular weight excluding hydrogens is 474 g/mol.